The number of ether oxygens (including phenoxy) is 1. The van der Waals surface area contributed by atoms with Crippen LogP contribution in [0.5, 0.6) is 11.5 Å². The molecule has 0 radical (unpaired) electrons. The molecule has 2 nitrogen and oxygen atoms in total. The lowest BCUT2D eigenvalue weighted by Gasteiger charge is -2.15. The zero-order valence-electron chi connectivity index (χ0n) is 10.7. The average Bonchev–Trinajstić information content (AvgIpc) is 2.32. The van der Waals surface area contributed by atoms with Crippen molar-refractivity contribution < 1.29 is 9.84 Å². The van der Waals surface area contributed by atoms with Crippen molar-refractivity contribution in [1.29, 1.82) is 0 Å². The Kier molecular flexibility index (Phi) is 4.50. The second-order valence-corrected chi connectivity index (χ2v) is 5.72. The van der Waals surface area contributed by atoms with Gasteiger partial charge in [-0.25, -0.2) is 0 Å². The lowest BCUT2D eigenvalue weighted by molar-refractivity contribution is 0.195. The Morgan fingerprint density at radius 3 is 2.53 bits per heavy atom. The van der Waals surface area contributed by atoms with E-state index >= 15 is 0 Å². The molecule has 0 fully saturated rings. The molecule has 19 heavy (non-hydrogen) atoms. The van der Waals surface area contributed by atoms with Crippen LogP contribution >= 0.6 is 27.5 Å². The van der Waals surface area contributed by atoms with Gasteiger partial charge < -0.3 is 9.84 Å². The van der Waals surface area contributed by atoms with E-state index in [4.69, 9.17) is 16.3 Å². The minimum absolute atomic E-state index is 0.587. The molecule has 0 aliphatic rings. The van der Waals surface area contributed by atoms with Gasteiger partial charge in [0.05, 0.1) is 6.10 Å². The number of halogens is 2. The number of aliphatic hydroxyl groups is 1. The van der Waals surface area contributed by atoms with Crippen LogP contribution in [0.4, 0.5) is 0 Å². The SMILES string of the molecule is Cc1cc(Cl)ccc1Oc1cc(Br)ccc1C(C)O. The van der Waals surface area contributed by atoms with Crippen LogP contribution in [0.3, 0.4) is 0 Å². The maximum absolute atomic E-state index is 9.77. The first kappa shape index (κ1) is 14.4. The quantitative estimate of drug-likeness (QED) is 0.825. The number of hydrogen-bond acceptors (Lipinski definition) is 2. The molecule has 0 heterocycles. The highest BCUT2D eigenvalue weighted by Crippen LogP contribution is 2.34. The molecule has 2 rings (SSSR count). The van der Waals surface area contributed by atoms with Gasteiger partial charge in [-0.1, -0.05) is 33.6 Å². The maximum Gasteiger partial charge on any atom is 0.134 e. The van der Waals surface area contributed by atoms with Gasteiger partial charge >= 0.3 is 0 Å². The van der Waals surface area contributed by atoms with Crippen LogP contribution < -0.4 is 4.74 Å². The molecule has 0 saturated carbocycles. The summed E-state index contributed by atoms with van der Waals surface area (Å²) in [6.45, 7) is 3.64. The second kappa shape index (κ2) is 5.95. The highest BCUT2D eigenvalue weighted by molar-refractivity contribution is 9.10. The molecule has 2 aromatic carbocycles. The fourth-order valence-corrected chi connectivity index (χ4v) is 2.35. The second-order valence-electron chi connectivity index (χ2n) is 4.37. The van der Waals surface area contributed by atoms with Crippen LogP contribution in [0.15, 0.2) is 40.9 Å². The van der Waals surface area contributed by atoms with Crippen molar-refractivity contribution in [3.05, 3.63) is 57.0 Å². The highest BCUT2D eigenvalue weighted by Gasteiger charge is 2.11. The molecule has 0 amide bonds. The fraction of sp³-hybridized carbons (Fsp3) is 0.200. The third kappa shape index (κ3) is 3.50. The first-order chi connectivity index (χ1) is 8.97. The fourth-order valence-electron chi connectivity index (χ4n) is 1.79. The standard InChI is InChI=1S/C15H14BrClO2/c1-9-7-12(17)4-6-14(9)19-15-8-11(16)3-5-13(15)10(2)18/h3-8,10,18H,1-2H3. The minimum Gasteiger partial charge on any atom is -0.457 e. The Morgan fingerprint density at radius 2 is 1.89 bits per heavy atom. The molecule has 0 aromatic heterocycles. The van der Waals surface area contributed by atoms with E-state index in [-0.39, 0.29) is 0 Å². The predicted molar refractivity (Wildman–Crippen MR) is 81.0 cm³/mol. The van der Waals surface area contributed by atoms with Crippen molar-refractivity contribution in [3.8, 4) is 11.5 Å². The van der Waals surface area contributed by atoms with Gasteiger partial charge in [-0.15, -0.1) is 0 Å². The number of aliphatic hydroxyl groups excluding tert-OH is 1. The summed E-state index contributed by atoms with van der Waals surface area (Å²) in [6.07, 6.45) is -0.587. The molecule has 0 aliphatic carbocycles. The molecular weight excluding hydrogens is 328 g/mol. The summed E-state index contributed by atoms with van der Waals surface area (Å²) >= 11 is 9.33. The summed E-state index contributed by atoms with van der Waals surface area (Å²) < 4.78 is 6.79. The van der Waals surface area contributed by atoms with Crippen LogP contribution in [0.25, 0.3) is 0 Å². The number of aryl methyl sites for hydroxylation is 1. The van der Waals surface area contributed by atoms with Gasteiger partial charge in [0.25, 0.3) is 0 Å². The largest absolute Gasteiger partial charge is 0.457 e. The summed E-state index contributed by atoms with van der Waals surface area (Å²) in [6, 6.07) is 11.0. The molecule has 1 atom stereocenters. The molecule has 1 N–H and O–H groups in total. The maximum atomic E-state index is 9.77. The van der Waals surface area contributed by atoms with Crippen molar-refractivity contribution in [2.24, 2.45) is 0 Å². The van der Waals surface area contributed by atoms with E-state index in [0.29, 0.717) is 10.8 Å². The van der Waals surface area contributed by atoms with E-state index in [9.17, 15) is 5.11 Å². The molecule has 100 valence electrons. The lowest BCUT2D eigenvalue weighted by atomic mass is 10.1. The van der Waals surface area contributed by atoms with Crippen molar-refractivity contribution >= 4 is 27.5 Å². The van der Waals surface area contributed by atoms with Crippen molar-refractivity contribution in [1.82, 2.24) is 0 Å². The Hall–Kier alpha value is -1.03. The minimum atomic E-state index is -0.587. The van der Waals surface area contributed by atoms with E-state index in [1.54, 1.807) is 13.0 Å². The lowest BCUT2D eigenvalue weighted by Crippen LogP contribution is -1.97. The molecule has 1 unspecified atom stereocenters. The summed E-state index contributed by atoms with van der Waals surface area (Å²) in [7, 11) is 0. The summed E-state index contributed by atoms with van der Waals surface area (Å²) in [5.74, 6) is 1.36. The first-order valence-corrected chi connectivity index (χ1v) is 7.06. The Bertz CT molecular complexity index is 597. The van der Waals surface area contributed by atoms with Crippen LogP contribution in [0.2, 0.25) is 5.02 Å². The number of rotatable bonds is 3. The van der Waals surface area contributed by atoms with Crippen molar-refractivity contribution in [2.45, 2.75) is 20.0 Å². The summed E-state index contributed by atoms with van der Waals surface area (Å²) in [5.41, 5.74) is 1.70. The topological polar surface area (TPSA) is 29.5 Å². The molecule has 4 heteroatoms. The van der Waals surface area contributed by atoms with Gasteiger partial charge in [0.15, 0.2) is 0 Å². The van der Waals surface area contributed by atoms with Gasteiger partial charge in [0.2, 0.25) is 0 Å². The first-order valence-electron chi connectivity index (χ1n) is 5.89. The summed E-state index contributed by atoms with van der Waals surface area (Å²) in [4.78, 5) is 0. The van der Waals surface area contributed by atoms with Gasteiger partial charge in [0.1, 0.15) is 11.5 Å². The normalized spacial score (nSPS) is 12.3. The Labute approximate surface area is 126 Å². The van der Waals surface area contributed by atoms with Crippen LogP contribution in [0.1, 0.15) is 24.2 Å². The van der Waals surface area contributed by atoms with Crippen LogP contribution in [-0.2, 0) is 0 Å². The number of hydrogen-bond donors (Lipinski definition) is 1. The molecule has 0 aliphatic heterocycles. The van der Waals surface area contributed by atoms with Crippen LogP contribution in [-0.4, -0.2) is 5.11 Å². The van der Waals surface area contributed by atoms with Gasteiger partial charge in [-0.2, -0.15) is 0 Å². The van der Waals surface area contributed by atoms with Crippen molar-refractivity contribution in [3.63, 3.8) is 0 Å². The van der Waals surface area contributed by atoms with E-state index < -0.39 is 6.10 Å². The van der Waals surface area contributed by atoms with Crippen LogP contribution in [0, 0.1) is 6.92 Å². The zero-order chi connectivity index (χ0) is 14.0. The van der Waals surface area contributed by atoms with E-state index in [2.05, 4.69) is 15.9 Å². The van der Waals surface area contributed by atoms with Gasteiger partial charge in [-0.3, -0.25) is 0 Å². The summed E-state index contributed by atoms with van der Waals surface area (Å²) in [5, 5.41) is 10.4. The average molecular weight is 342 g/mol. The molecular formula is C15H14BrClO2. The van der Waals surface area contributed by atoms with Gasteiger partial charge in [0, 0.05) is 15.1 Å². The van der Waals surface area contributed by atoms with E-state index in [1.807, 2.05) is 37.3 Å². The molecule has 0 saturated heterocycles. The smallest absolute Gasteiger partial charge is 0.134 e. The highest BCUT2D eigenvalue weighted by atomic mass is 79.9. The van der Waals surface area contributed by atoms with E-state index in [0.717, 1.165) is 21.3 Å². The molecule has 2 aromatic rings. The Morgan fingerprint density at radius 1 is 1.16 bits per heavy atom. The van der Waals surface area contributed by atoms with Gasteiger partial charge in [-0.05, 0) is 49.7 Å². The number of benzene rings is 2. The monoisotopic (exact) mass is 340 g/mol. The predicted octanol–water partition coefficient (Wildman–Crippen LogP) is 5.26. The van der Waals surface area contributed by atoms with Crippen molar-refractivity contribution in [2.75, 3.05) is 0 Å². The molecule has 0 bridgehead atoms. The van der Waals surface area contributed by atoms with E-state index in [1.165, 1.54) is 0 Å². The molecule has 0 spiro atoms. The zero-order valence-corrected chi connectivity index (χ0v) is 13.0. The third-order valence-electron chi connectivity index (χ3n) is 2.78. The Balaban J connectivity index is 2.39. The third-order valence-corrected chi connectivity index (χ3v) is 3.51.